The van der Waals surface area contributed by atoms with Crippen LogP contribution in [0.1, 0.15) is 29.9 Å². The molecule has 2 aromatic rings. The van der Waals surface area contributed by atoms with Gasteiger partial charge in [-0.3, -0.25) is 10.1 Å². The summed E-state index contributed by atoms with van der Waals surface area (Å²) in [4.78, 5) is 10.2. The second-order valence-corrected chi connectivity index (χ2v) is 4.65. The molecule has 1 unspecified atom stereocenters. The highest BCUT2D eigenvalue weighted by molar-refractivity contribution is 5.39. The van der Waals surface area contributed by atoms with Gasteiger partial charge >= 0.3 is 5.88 Å². The summed E-state index contributed by atoms with van der Waals surface area (Å²) in [7, 11) is 1.62. The quantitative estimate of drug-likeness (QED) is 0.653. The summed E-state index contributed by atoms with van der Waals surface area (Å²) in [6, 6.07) is 8.56. The van der Waals surface area contributed by atoms with E-state index in [2.05, 4.69) is 5.32 Å². The van der Waals surface area contributed by atoms with Crippen molar-refractivity contribution in [3.8, 4) is 5.75 Å². The van der Waals surface area contributed by atoms with Crippen LogP contribution < -0.4 is 10.1 Å². The van der Waals surface area contributed by atoms with Gasteiger partial charge in [0.15, 0.2) is 0 Å². The van der Waals surface area contributed by atoms with E-state index in [9.17, 15) is 10.1 Å². The van der Waals surface area contributed by atoms with E-state index in [1.165, 1.54) is 6.07 Å². The Kier molecular flexibility index (Phi) is 4.59. The molecule has 6 heteroatoms. The first kappa shape index (κ1) is 15.1. The molecule has 0 bridgehead atoms. The lowest BCUT2D eigenvalue weighted by Crippen LogP contribution is -2.21. The van der Waals surface area contributed by atoms with Crippen molar-refractivity contribution in [3.63, 3.8) is 0 Å². The summed E-state index contributed by atoms with van der Waals surface area (Å²) in [6.45, 7) is 4.64. The molecule has 2 rings (SSSR count). The molecule has 0 aliphatic heterocycles. The number of benzene rings is 1. The molecule has 0 spiro atoms. The second-order valence-electron chi connectivity index (χ2n) is 4.65. The summed E-state index contributed by atoms with van der Waals surface area (Å²) >= 11 is 0. The summed E-state index contributed by atoms with van der Waals surface area (Å²) in [5, 5.41) is 14.0. The fourth-order valence-electron chi connectivity index (χ4n) is 2.26. The van der Waals surface area contributed by atoms with E-state index in [1.54, 1.807) is 13.2 Å². The molecule has 1 aromatic heterocycles. The van der Waals surface area contributed by atoms with Crippen LogP contribution in [0.4, 0.5) is 5.88 Å². The number of nitrogens with one attached hydrogen (secondary N) is 1. The van der Waals surface area contributed by atoms with E-state index in [1.807, 2.05) is 32.0 Å². The average molecular weight is 290 g/mol. The Hall–Kier alpha value is -2.34. The normalized spacial score (nSPS) is 12.1. The van der Waals surface area contributed by atoms with Crippen molar-refractivity contribution in [2.75, 3.05) is 13.7 Å². The van der Waals surface area contributed by atoms with Crippen LogP contribution in [0, 0.1) is 17.0 Å². The Morgan fingerprint density at radius 2 is 2.14 bits per heavy atom. The zero-order valence-corrected chi connectivity index (χ0v) is 12.3. The Balaban J connectivity index is 2.37. The number of methoxy groups -OCH3 is 1. The molecule has 0 saturated heterocycles. The topological polar surface area (TPSA) is 77.5 Å². The fraction of sp³-hybridized carbons (Fsp3) is 0.333. The molecule has 6 nitrogen and oxygen atoms in total. The SMILES string of the molecule is CCNC(c1ccc(OC)c(C)c1)c1ccc([N+](=O)[O-])o1. The standard InChI is InChI=1S/C15H18N2O4/c1-4-16-15(13-7-8-14(21-13)17(18)19)11-5-6-12(20-3)10(2)9-11/h5-9,15-16H,4H2,1-3H3. The number of aryl methyl sites for hydroxylation is 1. The molecular weight excluding hydrogens is 272 g/mol. The van der Waals surface area contributed by atoms with E-state index < -0.39 is 4.92 Å². The van der Waals surface area contributed by atoms with Crippen LogP contribution in [-0.4, -0.2) is 18.6 Å². The number of hydrogen-bond donors (Lipinski definition) is 1. The smallest absolute Gasteiger partial charge is 0.433 e. The lowest BCUT2D eigenvalue weighted by atomic mass is 10.0. The maximum atomic E-state index is 10.7. The molecule has 0 radical (unpaired) electrons. The number of rotatable bonds is 6. The third-order valence-corrected chi connectivity index (χ3v) is 3.24. The molecule has 0 saturated carbocycles. The lowest BCUT2D eigenvalue weighted by Gasteiger charge is -2.17. The molecule has 0 fully saturated rings. The summed E-state index contributed by atoms with van der Waals surface area (Å²) < 4.78 is 10.6. The van der Waals surface area contributed by atoms with Crippen molar-refractivity contribution in [2.45, 2.75) is 19.9 Å². The van der Waals surface area contributed by atoms with Gasteiger partial charge in [-0.25, -0.2) is 0 Å². The summed E-state index contributed by atoms with van der Waals surface area (Å²) in [5.41, 5.74) is 1.97. The first-order valence-corrected chi connectivity index (χ1v) is 6.68. The molecule has 0 aliphatic carbocycles. The molecule has 1 N–H and O–H groups in total. The maximum Gasteiger partial charge on any atom is 0.433 e. The zero-order valence-electron chi connectivity index (χ0n) is 12.3. The van der Waals surface area contributed by atoms with Gasteiger partial charge in [-0.15, -0.1) is 0 Å². The van der Waals surface area contributed by atoms with Gasteiger partial charge in [0, 0.05) is 0 Å². The monoisotopic (exact) mass is 290 g/mol. The van der Waals surface area contributed by atoms with Gasteiger partial charge < -0.3 is 14.5 Å². The van der Waals surface area contributed by atoms with E-state index in [0.29, 0.717) is 12.3 Å². The van der Waals surface area contributed by atoms with Crippen LogP contribution in [-0.2, 0) is 0 Å². The lowest BCUT2D eigenvalue weighted by molar-refractivity contribution is -0.402. The molecule has 21 heavy (non-hydrogen) atoms. The maximum absolute atomic E-state index is 10.7. The first-order valence-electron chi connectivity index (χ1n) is 6.68. The predicted molar refractivity (Wildman–Crippen MR) is 78.6 cm³/mol. The van der Waals surface area contributed by atoms with E-state index in [4.69, 9.17) is 9.15 Å². The van der Waals surface area contributed by atoms with Crippen molar-refractivity contribution in [2.24, 2.45) is 0 Å². The number of nitrogens with zero attached hydrogens (tertiary/aromatic N) is 1. The van der Waals surface area contributed by atoms with E-state index in [-0.39, 0.29) is 11.9 Å². The average Bonchev–Trinajstić information content (AvgIpc) is 2.94. The van der Waals surface area contributed by atoms with E-state index >= 15 is 0 Å². The fourth-order valence-corrected chi connectivity index (χ4v) is 2.26. The first-order chi connectivity index (χ1) is 10.1. The van der Waals surface area contributed by atoms with Gasteiger partial charge in [-0.1, -0.05) is 19.1 Å². The Morgan fingerprint density at radius 1 is 1.38 bits per heavy atom. The van der Waals surface area contributed by atoms with Gasteiger partial charge in [-0.2, -0.15) is 0 Å². The molecular formula is C15H18N2O4. The minimum absolute atomic E-state index is 0.228. The van der Waals surface area contributed by atoms with Crippen LogP contribution >= 0.6 is 0 Å². The number of ether oxygens (including phenoxy) is 1. The Morgan fingerprint density at radius 3 is 2.67 bits per heavy atom. The van der Waals surface area contributed by atoms with Crippen LogP contribution in [0.3, 0.4) is 0 Å². The number of hydrogen-bond acceptors (Lipinski definition) is 5. The molecule has 112 valence electrons. The van der Waals surface area contributed by atoms with Gasteiger partial charge in [0.1, 0.15) is 16.4 Å². The van der Waals surface area contributed by atoms with Gasteiger partial charge in [0.2, 0.25) is 0 Å². The van der Waals surface area contributed by atoms with Gasteiger partial charge in [0.25, 0.3) is 0 Å². The minimum Gasteiger partial charge on any atom is -0.496 e. The molecule has 1 heterocycles. The van der Waals surface area contributed by atoms with Gasteiger partial charge in [-0.05, 0) is 36.7 Å². The van der Waals surface area contributed by atoms with Crippen molar-refractivity contribution in [3.05, 3.63) is 57.3 Å². The number of nitro groups is 1. The van der Waals surface area contributed by atoms with Crippen LogP contribution in [0.2, 0.25) is 0 Å². The third kappa shape index (κ3) is 3.22. The molecule has 1 atom stereocenters. The summed E-state index contributed by atoms with van der Waals surface area (Å²) in [6.07, 6.45) is 0. The highest BCUT2D eigenvalue weighted by Gasteiger charge is 2.21. The highest BCUT2D eigenvalue weighted by atomic mass is 16.6. The molecule has 0 aliphatic rings. The second kappa shape index (κ2) is 6.41. The minimum atomic E-state index is -0.536. The molecule has 1 aromatic carbocycles. The molecule has 0 amide bonds. The Labute approximate surface area is 122 Å². The Bertz CT molecular complexity index is 636. The third-order valence-electron chi connectivity index (χ3n) is 3.24. The van der Waals surface area contributed by atoms with Crippen molar-refractivity contribution in [1.82, 2.24) is 5.32 Å². The van der Waals surface area contributed by atoms with Crippen LogP contribution in [0.25, 0.3) is 0 Å². The predicted octanol–water partition coefficient (Wildman–Crippen LogP) is 3.20. The number of furan rings is 1. The van der Waals surface area contributed by atoms with Crippen molar-refractivity contribution in [1.29, 1.82) is 0 Å². The van der Waals surface area contributed by atoms with Crippen LogP contribution in [0.15, 0.2) is 34.7 Å². The van der Waals surface area contributed by atoms with Crippen molar-refractivity contribution >= 4 is 5.88 Å². The van der Waals surface area contributed by atoms with Crippen molar-refractivity contribution < 1.29 is 14.1 Å². The van der Waals surface area contributed by atoms with Crippen LogP contribution in [0.5, 0.6) is 5.75 Å². The zero-order chi connectivity index (χ0) is 15.4. The van der Waals surface area contributed by atoms with E-state index in [0.717, 1.165) is 16.9 Å². The largest absolute Gasteiger partial charge is 0.496 e. The highest BCUT2D eigenvalue weighted by Crippen LogP contribution is 2.29. The summed E-state index contributed by atoms with van der Waals surface area (Å²) in [5.74, 6) is 1.07. The van der Waals surface area contributed by atoms with Gasteiger partial charge in [0.05, 0.1) is 19.2 Å².